The molecular formula is C47H40N6O6. The summed E-state index contributed by atoms with van der Waals surface area (Å²) in [5.74, 6) is 3.94. The van der Waals surface area contributed by atoms with Crippen molar-refractivity contribution in [2.45, 2.75) is 36.2 Å². The Morgan fingerprint density at radius 1 is 0.932 bits per heavy atom. The van der Waals surface area contributed by atoms with Gasteiger partial charge in [0.05, 0.1) is 30.1 Å². The van der Waals surface area contributed by atoms with Gasteiger partial charge in [0.25, 0.3) is 0 Å². The molecule has 0 bridgehead atoms. The third kappa shape index (κ3) is 6.32. The minimum atomic E-state index is -1.73. The average Bonchev–Trinajstić information content (AvgIpc) is 3.92. The Kier molecular flexibility index (Phi) is 9.98. The van der Waals surface area contributed by atoms with Gasteiger partial charge in [-0.1, -0.05) is 114 Å². The zero-order valence-corrected chi connectivity index (χ0v) is 31.9. The van der Waals surface area contributed by atoms with Crippen LogP contribution in [0.3, 0.4) is 0 Å². The van der Waals surface area contributed by atoms with E-state index < -0.39 is 53.3 Å². The normalized spacial score (nSPS) is 23.1. The highest BCUT2D eigenvalue weighted by Crippen LogP contribution is 2.65. The van der Waals surface area contributed by atoms with Crippen molar-refractivity contribution in [1.29, 1.82) is 0 Å². The maximum absolute atomic E-state index is 15.4. The van der Waals surface area contributed by atoms with Crippen molar-refractivity contribution in [3.63, 3.8) is 0 Å². The van der Waals surface area contributed by atoms with Crippen molar-refractivity contribution >= 4 is 34.5 Å². The van der Waals surface area contributed by atoms with Crippen LogP contribution in [0.2, 0.25) is 0 Å². The molecule has 0 saturated carbocycles. The van der Waals surface area contributed by atoms with Crippen molar-refractivity contribution < 1.29 is 29.0 Å². The Bertz CT molecular complexity index is 2640. The number of rotatable bonds is 10. The number of aromatic nitrogens is 3. The van der Waals surface area contributed by atoms with Gasteiger partial charge >= 0.3 is 5.97 Å². The number of amides is 2. The number of carbonyl (C=O) groups is 3. The van der Waals surface area contributed by atoms with Crippen molar-refractivity contribution in [3.8, 4) is 17.6 Å². The summed E-state index contributed by atoms with van der Waals surface area (Å²) >= 11 is 0. The van der Waals surface area contributed by atoms with E-state index in [4.69, 9.17) is 9.47 Å². The van der Waals surface area contributed by atoms with Crippen LogP contribution in [0.25, 0.3) is 11.0 Å². The Morgan fingerprint density at radius 3 is 2.44 bits per heavy atom. The van der Waals surface area contributed by atoms with Crippen molar-refractivity contribution in [3.05, 3.63) is 168 Å². The summed E-state index contributed by atoms with van der Waals surface area (Å²) in [6.07, 6.45) is 0.732. The molecule has 0 aliphatic carbocycles. The molecule has 6 aromatic rings. The maximum atomic E-state index is 15.4. The first-order valence-corrected chi connectivity index (χ1v) is 19.5. The highest BCUT2D eigenvalue weighted by atomic mass is 16.6. The molecule has 6 unspecified atom stereocenters. The number of cyclic esters (lactones) is 1. The highest BCUT2D eigenvalue weighted by Gasteiger charge is 2.74. The molecule has 1 aromatic heterocycles. The summed E-state index contributed by atoms with van der Waals surface area (Å²) in [5.41, 5.74) is 3.59. The van der Waals surface area contributed by atoms with Crippen LogP contribution < -0.4 is 15.4 Å². The van der Waals surface area contributed by atoms with E-state index in [0.29, 0.717) is 28.1 Å². The molecular weight excluding hydrogens is 745 g/mol. The van der Waals surface area contributed by atoms with Gasteiger partial charge in [0, 0.05) is 23.4 Å². The lowest BCUT2D eigenvalue weighted by Gasteiger charge is -2.46. The topological polar surface area (TPSA) is 148 Å². The van der Waals surface area contributed by atoms with Gasteiger partial charge in [-0.05, 0) is 53.1 Å². The molecule has 4 heterocycles. The Hall–Kier alpha value is -7.07. The molecule has 2 amide bonds. The number of aliphatic hydroxyl groups excluding tert-OH is 1. The molecule has 0 radical (unpaired) electrons. The van der Waals surface area contributed by atoms with Crippen molar-refractivity contribution in [2.24, 2.45) is 5.92 Å². The molecule has 1 spiro atoms. The maximum Gasteiger partial charge on any atom is 0.324 e. The third-order valence-electron chi connectivity index (χ3n) is 11.5. The molecule has 3 N–H and O–H groups in total. The second kappa shape index (κ2) is 15.7. The van der Waals surface area contributed by atoms with E-state index in [-0.39, 0.29) is 26.3 Å². The molecule has 3 aliphatic rings. The van der Waals surface area contributed by atoms with Gasteiger partial charge in [0.2, 0.25) is 11.8 Å². The lowest BCUT2D eigenvalue weighted by molar-refractivity contribution is -0.178. The smallest absolute Gasteiger partial charge is 0.324 e. The van der Waals surface area contributed by atoms with E-state index in [2.05, 4.69) is 39.4 Å². The predicted octanol–water partition coefficient (Wildman–Crippen LogP) is 5.43. The van der Waals surface area contributed by atoms with Gasteiger partial charge < -0.3 is 25.2 Å². The zero-order valence-electron chi connectivity index (χ0n) is 31.9. The van der Waals surface area contributed by atoms with Crippen LogP contribution in [-0.4, -0.2) is 68.6 Å². The molecule has 12 nitrogen and oxygen atoms in total. The largest absolute Gasteiger partial charge is 0.491 e. The molecule has 12 heteroatoms. The van der Waals surface area contributed by atoms with E-state index in [1.54, 1.807) is 22.9 Å². The number of nitrogens with zero attached hydrogens (tertiary/aromatic N) is 4. The van der Waals surface area contributed by atoms with E-state index in [1.807, 2.05) is 120 Å². The minimum Gasteiger partial charge on any atom is -0.491 e. The number of fused-ring (bicyclic) bond motifs is 4. The standard InChI is InChI=1S/C47H40N6O6/c1-2-25-48-44(55)39-41-45(56)59-42(32-17-7-4-8-18-32)40(31-15-5-3-6-16-31)53(41)43(33-19-9-12-22-38(33)58-28-27-54)47(39)34-29-30(23-24-35(34)49-46(47)57)14-13-26-52-37-21-11-10-20-36(37)50-51-52/h2-12,15-24,29,39-43,54H,1,25-28H2,(H,48,55)(H,49,57). The summed E-state index contributed by atoms with van der Waals surface area (Å²) < 4.78 is 14.4. The van der Waals surface area contributed by atoms with Crippen LogP contribution in [0.1, 0.15) is 46.0 Å². The SMILES string of the molecule is C=CCNC(=O)C1C2C(=O)OC(c3ccccc3)C(c3ccccc3)N2C(c2ccccc2OCCO)C12C(=O)Nc1ccc(C#CCn3nnc4ccccc43)cc12. The van der Waals surface area contributed by atoms with Gasteiger partial charge in [-0.15, -0.1) is 11.7 Å². The van der Waals surface area contributed by atoms with Gasteiger partial charge in [-0.2, -0.15) is 0 Å². The summed E-state index contributed by atoms with van der Waals surface area (Å²) in [7, 11) is 0. The lowest BCUT2D eigenvalue weighted by Crippen LogP contribution is -2.54. The molecule has 3 aliphatic heterocycles. The van der Waals surface area contributed by atoms with Gasteiger partial charge in [-0.3, -0.25) is 19.3 Å². The predicted molar refractivity (Wildman–Crippen MR) is 220 cm³/mol. The zero-order chi connectivity index (χ0) is 40.5. The number of para-hydroxylation sites is 2. The fraction of sp³-hybridized carbons (Fsp3) is 0.213. The first-order valence-electron chi connectivity index (χ1n) is 19.5. The summed E-state index contributed by atoms with van der Waals surface area (Å²) in [4.78, 5) is 47.3. The molecule has 6 atom stereocenters. The van der Waals surface area contributed by atoms with E-state index in [0.717, 1.165) is 22.2 Å². The molecule has 59 heavy (non-hydrogen) atoms. The quantitative estimate of drug-likeness (QED) is 0.0941. The highest BCUT2D eigenvalue weighted by molar-refractivity contribution is 6.12. The van der Waals surface area contributed by atoms with Crippen LogP contribution >= 0.6 is 0 Å². The van der Waals surface area contributed by atoms with Crippen LogP contribution in [-0.2, 0) is 31.1 Å². The van der Waals surface area contributed by atoms with Crippen molar-refractivity contribution in [1.82, 2.24) is 25.2 Å². The van der Waals surface area contributed by atoms with Crippen LogP contribution in [0.5, 0.6) is 5.75 Å². The van der Waals surface area contributed by atoms with E-state index in [9.17, 15) is 14.7 Å². The number of hydrogen-bond donors (Lipinski definition) is 3. The Labute approximate surface area is 340 Å². The number of anilines is 1. The molecule has 9 rings (SSSR count). The number of hydrogen-bond acceptors (Lipinski definition) is 9. The fourth-order valence-corrected chi connectivity index (χ4v) is 9.17. The summed E-state index contributed by atoms with van der Waals surface area (Å²) in [6.45, 7) is 3.88. The third-order valence-corrected chi connectivity index (χ3v) is 11.5. The number of ether oxygens (including phenoxy) is 2. The van der Waals surface area contributed by atoms with Crippen molar-refractivity contribution in [2.75, 3.05) is 25.1 Å². The fourth-order valence-electron chi connectivity index (χ4n) is 9.17. The first kappa shape index (κ1) is 37.5. The van der Waals surface area contributed by atoms with E-state index >= 15 is 4.79 Å². The van der Waals surface area contributed by atoms with Gasteiger partial charge in [0.15, 0.2) is 0 Å². The average molecular weight is 785 g/mol. The molecule has 2 saturated heterocycles. The molecule has 294 valence electrons. The molecule has 2 fully saturated rings. The van der Waals surface area contributed by atoms with E-state index in [1.165, 1.54) is 0 Å². The van der Waals surface area contributed by atoms with Crippen LogP contribution in [0, 0.1) is 17.8 Å². The Morgan fingerprint density at radius 2 is 1.66 bits per heavy atom. The number of aliphatic hydroxyl groups is 1. The number of benzene rings is 5. The number of carbonyl (C=O) groups excluding carboxylic acids is 3. The lowest BCUT2D eigenvalue weighted by atomic mass is 9.65. The number of esters is 1. The minimum absolute atomic E-state index is 0.0240. The number of morpholine rings is 1. The Balaban J connectivity index is 1.29. The van der Waals surface area contributed by atoms with Gasteiger partial charge in [-0.25, -0.2) is 4.68 Å². The second-order valence-electron chi connectivity index (χ2n) is 14.7. The number of nitrogens with one attached hydrogen (secondary N) is 2. The molecule has 5 aromatic carbocycles. The van der Waals surface area contributed by atoms with Crippen LogP contribution in [0.4, 0.5) is 5.69 Å². The van der Waals surface area contributed by atoms with Crippen LogP contribution in [0.15, 0.2) is 140 Å². The summed E-state index contributed by atoms with van der Waals surface area (Å²) in [6, 6.07) is 36.6. The summed E-state index contributed by atoms with van der Waals surface area (Å²) in [5, 5.41) is 24.5. The van der Waals surface area contributed by atoms with Gasteiger partial charge in [0.1, 0.15) is 42.0 Å². The first-order chi connectivity index (χ1) is 28.9. The second-order valence-corrected chi connectivity index (χ2v) is 14.7. The monoisotopic (exact) mass is 784 g/mol.